The topological polar surface area (TPSA) is 20.3 Å². The molecule has 0 saturated carbocycles. The molecular formula is C21H37NOS. The van der Waals surface area contributed by atoms with E-state index < -0.39 is 0 Å². The highest BCUT2D eigenvalue weighted by atomic mass is 32.1. The molecule has 2 nitrogen and oxygen atoms in total. The number of hydrogen-bond acceptors (Lipinski definition) is 2. The maximum Gasteiger partial charge on any atom is 0.227 e. The van der Waals surface area contributed by atoms with Crippen LogP contribution in [0.1, 0.15) is 89.4 Å². The van der Waals surface area contributed by atoms with Gasteiger partial charge in [-0.2, -0.15) is 0 Å². The van der Waals surface area contributed by atoms with Crippen LogP contribution < -0.4 is 0 Å². The number of unbranched alkanes of at least 4 members (excludes halogenated alkanes) is 9. The molecule has 1 amide bonds. The van der Waals surface area contributed by atoms with Crippen molar-refractivity contribution in [2.45, 2.75) is 90.9 Å². The van der Waals surface area contributed by atoms with Crippen LogP contribution in [0.2, 0.25) is 0 Å². The summed E-state index contributed by atoms with van der Waals surface area (Å²) in [5, 5.41) is 2.06. The minimum absolute atomic E-state index is 0.321. The Balaban J connectivity index is 2.32. The molecule has 1 rings (SSSR count). The third-order valence-electron chi connectivity index (χ3n) is 4.57. The minimum atomic E-state index is 0.321. The Morgan fingerprint density at radius 1 is 0.875 bits per heavy atom. The Morgan fingerprint density at radius 2 is 1.42 bits per heavy atom. The standard InChI is InChI=1S/C21H37NOS/c1-3-5-7-9-11-13-17-22(16-12-10-8-6-4-2)21(23)19-20-15-14-18-24-20/h14-15,18H,3-13,16-17,19H2,1-2H3. The number of carbonyl (C=O) groups is 1. The van der Waals surface area contributed by atoms with Gasteiger partial charge in [-0.3, -0.25) is 4.79 Å². The monoisotopic (exact) mass is 351 g/mol. The summed E-state index contributed by atoms with van der Waals surface area (Å²) >= 11 is 1.69. The number of nitrogens with zero attached hydrogens (tertiary/aromatic N) is 1. The molecule has 138 valence electrons. The lowest BCUT2D eigenvalue weighted by molar-refractivity contribution is -0.130. The highest BCUT2D eigenvalue weighted by molar-refractivity contribution is 7.10. The zero-order chi connectivity index (χ0) is 17.5. The summed E-state index contributed by atoms with van der Waals surface area (Å²) < 4.78 is 0. The van der Waals surface area contributed by atoms with Crippen LogP contribution in [0.25, 0.3) is 0 Å². The molecule has 0 bridgehead atoms. The molecule has 1 aromatic heterocycles. The highest BCUT2D eigenvalue weighted by Crippen LogP contribution is 2.13. The van der Waals surface area contributed by atoms with Gasteiger partial charge in [-0.25, -0.2) is 0 Å². The van der Waals surface area contributed by atoms with Crippen LogP contribution in [-0.2, 0) is 11.2 Å². The summed E-state index contributed by atoms with van der Waals surface area (Å²) in [6.45, 7) is 6.39. The van der Waals surface area contributed by atoms with E-state index in [0.29, 0.717) is 12.3 Å². The fraction of sp³-hybridized carbons (Fsp3) is 0.762. The number of rotatable bonds is 15. The second kappa shape index (κ2) is 14.5. The fourth-order valence-corrected chi connectivity index (χ4v) is 3.72. The van der Waals surface area contributed by atoms with E-state index in [1.165, 1.54) is 62.7 Å². The largest absolute Gasteiger partial charge is 0.342 e. The van der Waals surface area contributed by atoms with Crippen LogP contribution in [0.4, 0.5) is 0 Å². The summed E-state index contributed by atoms with van der Waals surface area (Å²) in [6, 6.07) is 4.11. The molecule has 1 heterocycles. The van der Waals surface area contributed by atoms with Gasteiger partial charge < -0.3 is 4.90 Å². The molecule has 0 fully saturated rings. The second-order valence-corrected chi connectivity index (χ2v) is 7.85. The molecule has 1 aromatic rings. The van der Waals surface area contributed by atoms with Gasteiger partial charge in [0.15, 0.2) is 0 Å². The molecule has 0 N–H and O–H groups in total. The zero-order valence-corrected chi connectivity index (χ0v) is 16.7. The lowest BCUT2D eigenvalue weighted by atomic mass is 10.1. The molecule has 24 heavy (non-hydrogen) atoms. The molecule has 0 spiro atoms. The van der Waals surface area contributed by atoms with Gasteiger partial charge in [0.1, 0.15) is 0 Å². The Hall–Kier alpha value is -0.830. The first-order chi connectivity index (χ1) is 11.8. The van der Waals surface area contributed by atoms with E-state index in [0.717, 1.165) is 25.9 Å². The molecule has 0 saturated heterocycles. The average Bonchev–Trinajstić information content (AvgIpc) is 3.08. The molecule has 0 aromatic carbocycles. The van der Waals surface area contributed by atoms with Gasteiger partial charge in [0.2, 0.25) is 5.91 Å². The van der Waals surface area contributed by atoms with Crippen LogP contribution in [0.5, 0.6) is 0 Å². The van der Waals surface area contributed by atoms with Gasteiger partial charge in [0.05, 0.1) is 6.42 Å². The highest BCUT2D eigenvalue weighted by Gasteiger charge is 2.14. The summed E-state index contributed by atoms with van der Waals surface area (Å²) in [4.78, 5) is 16.0. The average molecular weight is 352 g/mol. The maximum absolute atomic E-state index is 12.6. The molecule has 0 aliphatic heterocycles. The van der Waals surface area contributed by atoms with Crippen molar-refractivity contribution in [3.63, 3.8) is 0 Å². The van der Waals surface area contributed by atoms with Crippen LogP contribution in [0.3, 0.4) is 0 Å². The Bertz CT molecular complexity index is 402. The van der Waals surface area contributed by atoms with E-state index in [2.05, 4.69) is 30.2 Å². The van der Waals surface area contributed by atoms with Gasteiger partial charge in [-0.05, 0) is 24.3 Å². The molecule has 0 atom stereocenters. The van der Waals surface area contributed by atoms with Crippen molar-refractivity contribution in [2.75, 3.05) is 13.1 Å². The summed E-state index contributed by atoms with van der Waals surface area (Å²) in [5.41, 5.74) is 0. The number of thiophene rings is 1. The van der Waals surface area contributed by atoms with Gasteiger partial charge in [-0.1, -0.05) is 77.7 Å². The lowest BCUT2D eigenvalue weighted by Gasteiger charge is -2.23. The third kappa shape index (κ3) is 10.1. The van der Waals surface area contributed by atoms with Crippen LogP contribution in [0, 0.1) is 0 Å². The van der Waals surface area contributed by atoms with Crippen molar-refractivity contribution in [3.05, 3.63) is 22.4 Å². The first kappa shape index (κ1) is 21.2. The first-order valence-corrected chi connectivity index (χ1v) is 11.0. The molecule has 0 aliphatic carbocycles. The van der Waals surface area contributed by atoms with Crippen LogP contribution >= 0.6 is 11.3 Å². The van der Waals surface area contributed by atoms with Gasteiger partial charge in [-0.15, -0.1) is 11.3 Å². The van der Waals surface area contributed by atoms with E-state index in [1.54, 1.807) is 11.3 Å². The van der Waals surface area contributed by atoms with Crippen LogP contribution in [-0.4, -0.2) is 23.9 Å². The first-order valence-electron chi connectivity index (χ1n) is 10.1. The molecule has 0 radical (unpaired) electrons. The molecule has 0 aliphatic rings. The number of amides is 1. The van der Waals surface area contributed by atoms with Crippen molar-refractivity contribution in [1.82, 2.24) is 4.90 Å². The Kier molecular flexibility index (Phi) is 12.8. The third-order valence-corrected chi connectivity index (χ3v) is 5.45. The SMILES string of the molecule is CCCCCCCCN(CCCCCCC)C(=O)Cc1cccs1. The smallest absolute Gasteiger partial charge is 0.227 e. The Labute approximate surface area is 153 Å². The van der Waals surface area contributed by atoms with Gasteiger partial charge >= 0.3 is 0 Å². The predicted octanol–water partition coefficient (Wildman–Crippen LogP) is 6.45. The van der Waals surface area contributed by atoms with Crippen molar-refractivity contribution in [3.8, 4) is 0 Å². The summed E-state index contributed by atoms with van der Waals surface area (Å²) in [6.07, 6.45) is 14.6. The van der Waals surface area contributed by atoms with E-state index in [9.17, 15) is 4.79 Å². The van der Waals surface area contributed by atoms with E-state index in [1.807, 2.05) is 6.07 Å². The van der Waals surface area contributed by atoms with E-state index >= 15 is 0 Å². The van der Waals surface area contributed by atoms with Gasteiger partial charge in [0, 0.05) is 18.0 Å². The number of hydrogen-bond donors (Lipinski definition) is 0. The zero-order valence-electron chi connectivity index (χ0n) is 15.9. The summed E-state index contributed by atoms with van der Waals surface area (Å²) in [7, 11) is 0. The minimum Gasteiger partial charge on any atom is -0.342 e. The number of carbonyl (C=O) groups excluding carboxylic acids is 1. The van der Waals surface area contributed by atoms with Gasteiger partial charge in [0.25, 0.3) is 0 Å². The van der Waals surface area contributed by atoms with E-state index in [4.69, 9.17) is 0 Å². The lowest BCUT2D eigenvalue weighted by Crippen LogP contribution is -2.34. The molecule has 3 heteroatoms. The van der Waals surface area contributed by atoms with E-state index in [-0.39, 0.29) is 0 Å². The summed E-state index contributed by atoms with van der Waals surface area (Å²) in [5.74, 6) is 0.321. The quantitative estimate of drug-likeness (QED) is 0.332. The van der Waals surface area contributed by atoms with Crippen LogP contribution in [0.15, 0.2) is 17.5 Å². The van der Waals surface area contributed by atoms with Crippen molar-refractivity contribution >= 4 is 17.2 Å². The normalized spacial score (nSPS) is 10.9. The van der Waals surface area contributed by atoms with Crippen molar-refractivity contribution in [2.24, 2.45) is 0 Å². The molecular weight excluding hydrogens is 314 g/mol. The second-order valence-electron chi connectivity index (χ2n) is 6.82. The Morgan fingerprint density at radius 3 is 1.92 bits per heavy atom. The molecule has 0 unspecified atom stereocenters. The van der Waals surface area contributed by atoms with Crippen molar-refractivity contribution in [1.29, 1.82) is 0 Å². The fourth-order valence-electron chi connectivity index (χ4n) is 3.02. The predicted molar refractivity (Wildman–Crippen MR) is 107 cm³/mol. The maximum atomic E-state index is 12.6. The van der Waals surface area contributed by atoms with Crippen molar-refractivity contribution < 1.29 is 4.79 Å².